The number of thioether (sulfide) groups is 1. The summed E-state index contributed by atoms with van der Waals surface area (Å²) in [6, 6.07) is 5.09. The molecular weight excluding hydrogens is 318 g/mol. The van der Waals surface area contributed by atoms with Gasteiger partial charge in [-0.25, -0.2) is 4.79 Å². The van der Waals surface area contributed by atoms with Crippen LogP contribution in [-0.4, -0.2) is 40.3 Å². The van der Waals surface area contributed by atoms with Crippen molar-refractivity contribution in [3.63, 3.8) is 0 Å². The Kier molecular flexibility index (Phi) is 5.98. The van der Waals surface area contributed by atoms with Crippen molar-refractivity contribution in [2.45, 2.75) is 18.2 Å². The first kappa shape index (κ1) is 15.3. The smallest absolute Gasteiger partial charge is 0.336 e. The lowest BCUT2D eigenvalue weighted by Crippen LogP contribution is -2.30. The number of hydrogen-bond acceptors (Lipinski definition) is 4. The van der Waals surface area contributed by atoms with Gasteiger partial charge in [-0.3, -0.25) is 0 Å². The molecule has 0 radical (unpaired) electrons. The maximum Gasteiger partial charge on any atom is 0.336 e. The zero-order valence-corrected chi connectivity index (χ0v) is 12.6. The lowest BCUT2D eigenvalue weighted by molar-refractivity contribution is 0.0696. The number of aliphatic hydroxyl groups is 1. The predicted molar refractivity (Wildman–Crippen MR) is 78.6 cm³/mol. The van der Waals surface area contributed by atoms with Crippen LogP contribution in [0.1, 0.15) is 17.3 Å². The average molecular weight is 334 g/mol. The summed E-state index contributed by atoms with van der Waals surface area (Å²) >= 11 is 4.82. The molecule has 1 rings (SSSR count). The summed E-state index contributed by atoms with van der Waals surface area (Å²) in [6.07, 6.45) is 1.95. The maximum absolute atomic E-state index is 10.9. The second-order valence-corrected chi connectivity index (χ2v) is 5.82. The average Bonchev–Trinajstić information content (AvgIpc) is 2.30. The second-order valence-electron chi connectivity index (χ2n) is 3.89. The lowest BCUT2D eigenvalue weighted by Gasteiger charge is -2.22. The van der Waals surface area contributed by atoms with Gasteiger partial charge in [-0.05, 0) is 47.3 Å². The third-order valence-electron chi connectivity index (χ3n) is 2.63. The molecule has 0 saturated carbocycles. The van der Waals surface area contributed by atoms with Gasteiger partial charge in [0.1, 0.15) is 0 Å². The van der Waals surface area contributed by atoms with Crippen LogP contribution in [0.15, 0.2) is 22.7 Å². The Morgan fingerprint density at radius 3 is 2.67 bits per heavy atom. The van der Waals surface area contributed by atoms with Gasteiger partial charge >= 0.3 is 5.97 Å². The van der Waals surface area contributed by atoms with Crippen molar-refractivity contribution in [3.8, 4) is 0 Å². The van der Waals surface area contributed by atoms with Gasteiger partial charge in [-0.15, -0.1) is 0 Å². The molecule has 0 aromatic heterocycles. The van der Waals surface area contributed by atoms with E-state index in [1.54, 1.807) is 30.0 Å². The third-order valence-corrected chi connectivity index (χ3v) is 4.45. The molecule has 1 aromatic carbocycles. The van der Waals surface area contributed by atoms with Crippen LogP contribution >= 0.6 is 27.7 Å². The number of hydrogen-bond donors (Lipinski definition) is 3. The van der Waals surface area contributed by atoms with E-state index in [2.05, 4.69) is 21.2 Å². The van der Waals surface area contributed by atoms with Crippen molar-refractivity contribution in [1.82, 2.24) is 0 Å². The van der Waals surface area contributed by atoms with Crippen molar-refractivity contribution in [3.05, 3.63) is 28.2 Å². The van der Waals surface area contributed by atoms with Gasteiger partial charge in [0, 0.05) is 21.5 Å². The van der Waals surface area contributed by atoms with Gasteiger partial charge in [0.05, 0.1) is 12.2 Å². The van der Waals surface area contributed by atoms with Crippen LogP contribution in [0.2, 0.25) is 0 Å². The number of carboxylic acids is 1. The Hall–Kier alpha value is -0.720. The predicted octanol–water partition coefficient (Wildman–Crippen LogP) is 2.67. The van der Waals surface area contributed by atoms with E-state index in [1.165, 1.54) is 0 Å². The van der Waals surface area contributed by atoms with Crippen LogP contribution in [0.4, 0.5) is 5.69 Å². The molecule has 0 aliphatic carbocycles. The fraction of sp³-hybridized carbons (Fsp3) is 0.417. The largest absolute Gasteiger partial charge is 0.478 e. The van der Waals surface area contributed by atoms with Crippen LogP contribution < -0.4 is 5.32 Å². The molecule has 2 unspecified atom stereocenters. The molecule has 18 heavy (non-hydrogen) atoms. The van der Waals surface area contributed by atoms with E-state index in [-0.39, 0.29) is 23.5 Å². The molecular formula is C12H16BrNO3S. The zero-order chi connectivity index (χ0) is 13.7. The number of aliphatic hydroxyl groups excluding tert-OH is 1. The Morgan fingerprint density at radius 1 is 1.56 bits per heavy atom. The minimum atomic E-state index is -0.959. The van der Waals surface area contributed by atoms with Crippen LogP contribution in [0.5, 0.6) is 0 Å². The summed E-state index contributed by atoms with van der Waals surface area (Å²) in [6.45, 7) is 2.08. The number of carbonyl (C=O) groups is 1. The first-order chi connectivity index (χ1) is 8.49. The summed E-state index contributed by atoms with van der Waals surface area (Å²) in [5.41, 5.74) is 1.06. The van der Waals surface area contributed by atoms with Crippen LogP contribution in [0.3, 0.4) is 0 Å². The minimum absolute atomic E-state index is 0.0904. The van der Waals surface area contributed by atoms with E-state index >= 15 is 0 Å². The van der Waals surface area contributed by atoms with Crippen molar-refractivity contribution in [1.29, 1.82) is 0 Å². The highest BCUT2D eigenvalue weighted by Gasteiger charge is 2.15. The number of halogens is 1. The number of nitrogens with one attached hydrogen (secondary N) is 1. The minimum Gasteiger partial charge on any atom is -0.478 e. The van der Waals surface area contributed by atoms with Gasteiger partial charge in [0.2, 0.25) is 0 Å². The molecule has 1 aromatic rings. The number of benzene rings is 1. The number of rotatable bonds is 6. The summed E-state index contributed by atoms with van der Waals surface area (Å²) in [4.78, 5) is 10.9. The van der Waals surface area contributed by atoms with E-state index in [0.29, 0.717) is 4.47 Å². The topological polar surface area (TPSA) is 69.6 Å². The summed E-state index contributed by atoms with van der Waals surface area (Å²) in [5, 5.41) is 21.5. The van der Waals surface area contributed by atoms with Gasteiger partial charge < -0.3 is 15.5 Å². The van der Waals surface area contributed by atoms with Crippen LogP contribution in [0.25, 0.3) is 0 Å². The summed E-state index contributed by atoms with van der Waals surface area (Å²) < 4.78 is 0.539. The van der Waals surface area contributed by atoms with E-state index in [0.717, 1.165) is 5.69 Å². The number of aromatic carboxylic acids is 1. The maximum atomic E-state index is 10.9. The van der Waals surface area contributed by atoms with E-state index in [1.807, 2.05) is 13.2 Å². The molecule has 4 nitrogen and oxygen atoms in total. The fourth-order valence-corrected chi connectivity index (χ4v) is 2.74. The van der Waals surface area contributed by atoms with Crippen LogP contribution in [0, 0.1) is 0 Å². The fourth-order valence-electron chi connectivity index (χ4n) is 1.57. The molecule has 0 spiro atoms. The highest BCUT2D eigenvalue weighted by Crippen LogP contribution is 2.23. The lowest BCUT2D eigenvalue weighted by atomic mass is 10.2. The first-order valence-corrected chi connectivity index (χ1v) is 7.50. The van der Waals surface area contributed by atoms with Gasteiger partial charge in [0.25, 0.3) is 0 Å². The summed E-state index contributed by atoms with van der Waals surface area (Å²) in [5.74, 6) is -0.959. The Morgan fingerprint density at radius 2 is 2.22 bits per heavy atom. The molecule has 0 aliphatic rings. The molecule has 0 bridgehead atoms. The summed E-state index contributed by atoms with van der Waals surface area (Å²) in [7, 11) is 0. The Balaban J connectivity index is 2.80. The van der Waals surface area contributed by atoms with Crippen LogP contribution in [-0.2, 0) is 0 Å². The highest BCUT2D eigenvalue weighted by molar-refractivity contribution is 9.10. The molecule has 3 N–H and O–H groups in total. The SMILES string of the molecule is CSC(CO)C(C)Nc1ccc(C(=O)O)c(Br)c1. The number of carboxylic acid groups (broad SMARTS) is 1. The van der Waals surface area contributed by atoms with Gasteiger partial charge in [-0.1, -0.05) is 0 Å². The van der Waals surface area contributed by atoms with Crippen molar-refractivity contribution in [2.24, 2.45) is 0 Å². The van der Waals surface area contributed by atoms with Gasteiger partial charge in [-0.2, -0.15) is 11.8 Å². The molecule has 100 valence electrons. The molecule has 0 saturated heterocycles. The first-order valence-electron chi connectivity index (χ1n) is 5.42. The molecule has 0 fully saturated rings. The van der Waals surface area contributed by atoms with Crippen molar-refractivity contribution < 1.29 is 15.0 Å². The third kappa shape index (κ3) is 3.90. The normalized spacial score (nSPS) is 14.0. The second kappa shape index (κ2) is 7.01. The Bertz CT molecular complexity index is 424. The van der Waals surface area contributed by atoms with E-state index < -0.39 is 5.97 Å². The monoisotopic (exact) mass is 333 g/mol. The number of anilines is 1. The zero-order valence-electron chi connectivity index (χ0n) is 10.2. The quantitative estimate of drug-likeness (QED) is 0.746. The molecule has 0 aliphatic heterocycles. The Labute approximate surface area is 119 Å². The molecule has 6 heteroatoms. The van der Waals surface area contributed by atoms with E-state index in [4.69, 9.17) is 5.11 Å². The standard InChI is InChI=1S/C12H16BrNO3S/c1-7(11(6-15)18-2)14-8-3-4-9(12(16)17)10(13)5-8/h3-5,7,11,14-15H,6H2,1-2H3,(H,16,17). The van der Waals surface area contributed by atoms with Gasteiger partial charge in [0.15, 0.2) is 0 Å². The molecule has 0 heterocycles. The van der Waals surface area contributed by atoms with Crippen molar-refractivity contribution in [2.75, 3.05) is 18.2 Å². The molecule has 2 atom stereocenters. The van der Waals surface area contributed by atoms with E-state index in [9.17, 15) is 9.90 Å². The highest BCUT2D eigenvalue weighted by atomic mass is 79.9. The molecule has 0 amide bonds. The van der Waals surface area contributed by atoms with Crippen molar-refractivity contribution >= 4 is 39.3 Å².